The summed E-state index contributed by atoms with van der Waals surface area (Å²) in [7, 11) is 0. The molecule has 2 fully saturated rings. The molecule has 0 radical (unpaired) electrons. The number of rotatable bonds is 9. The van der Waals surface area contributed by atoms with Gasteiger partial charge in [0.2, 0.25) is 11.8 Å². The molecule has 3 N–H and O–H groups in total. The number of halogens is 4. The molecular weight excluding hydrogens is 523 g/mol. The second kappa shape index (κ2) is 12.4. The summed E-state index contributed by atoms with van der Waals surface area (Å²) in [6.45, 7) is 7.34. The summed E-state index contributed by atoms with van der Waals surface area (Å²) in [4.78, 5) is 64.3. The van der Waals surface area contributed by atoms with Crippen LogP contribution in [0.3, 0.4) is 0 Å². The van der Waals surface area contributed by atoms with Gasteiger partial charge in [0.05, 0.1) is 12.5 Å². The lowest BCUT2D eigenvalue weighted by molar-refractivity contribution is -0.149. The van der Waals surface area contributed by atoms with E-state index in [4.69, 9.17) is 23.2 Å². The number of nitrogens with one attached hydrogen (secondary N) is 3. The van der Waals surface area contributed by atoms with Crippen molar-refractivity contribution in [2.75, 3.05) is 19.6 Å². The molecule has 36 heavy (non-hydrogen) atoms. The maximum absolute atomic E-state index is 13.7. The Morgan fingerprint density at radius 1 is 1.22 bits per heavy atom. The Morgan fingerprint density at radius 3 is 2.36 bits per heavy atom. The van der Waals surface area contributed by atoms with Crippen LogP contribution in [0, 0.1) is 17.3 Å². The molecule has 0 spiro atoms. The predicted octanol–water partition coefficient (Wildman–Crippen LogP) is 1.21. The highest BCUT2D eigenvalue weighted by atomic mass is 35.5. The van der Waals surface area contributed by atoms with Crippen molar-refractivity contribution in [2.24, 2.45) is 17.3 Å². The molecule has 0 saturated carbocycles. The number of hydrogen-bond donors (Lipinski definition) is 3. The van der Waals surface area contributed by atoms with Crippen molar-refractivity contribution in [1.29, 1.82) is 0 Å². The van der Waals surface area contributed by atoms with Crippen molar-refractivity contribution < 1.29 is 32.8 Å². The van der Waals surface area contributed by atoms with Crippen LogP contribution in [-0.4, -0.2) is 82.4 Å². The highest BCUT2D eigenvalue weighted by molar-refractivity contribution is 6.30. The summed E-state index contributed by atoms with van der Waals surface area (Å²) in [5.74, 6) is -5.24. The van der Waals surface area contributed by atoms with E-state index < -0.39 is 64.2 Å². The molecule has 14 heteroatoms. The van der Waals surface area contributed by atoms with Crippen molar-refractivity contribution in [3.8, 4) is 0 Å². The van der Waals surface area contributed by atoms with E-state index >= 15 is 0 Å². The minimum atomic E-state index is -2.46. The molecule has 2 aliphatic rings. The second-order valence-electron chi connectivity index (χ2n) is 10.0. The lowest BCUT2D eigenvalue weighted by Gasteiger charge is -2.33. The molecule has 0 aromatic heterocycles. The van der Waals surface area contributed by atoms with Gasteiger partial charge in [-0.3, -0.25) is 29.4 Å². The Morgan fingerprint density at radius 2 is 1.86 bits per heavy atom. The molecule has 5 amide bonds. The van der Waals surface area contributed by atoms with Gasteiger partial charge in [0.1, 0.15) is 12.1 Å². The highest BCUT2D eigenvalue weighted by Crippen LogP contribution is 2.35. The number of alkyl halides is 4. The zero-order chi connectivity index (χ0) is 27.4. The number of nitrogens with zero attached hydrogens (tertiary/aromatic N) is 2. The first-order chi connectivity index (χ1) is 16.7. The Hall–Kier alpha value is -2.21. The smallest absolute Gasteiger partial charge is 0.291 e. The van der Waals surface area contributed by atoms with Crippen LogP contribution >= 0.6 is 23.2 Å². The lowest BCUT2D eigenvalue weighted by Crippen LogP contribution is -2.59. The number of hydrogen-bond acceptors (Lipinski definition) is 5. The zero-order valence-corrected chi connectivity index (χ0v) is 22.2. The average Bonchev–Trinajstić information content (AvgIpc) is 3.36. The van der Waals surface area contributed by atoms with E-state index in [0.29, 0.717) is 24.4 Å². The van der Waals surface area contributed by atoms with Crippen LogP contribution in [0.15, 0.2) is 0 Å². The van der Waals surface area contributed by atoms with Gasteiger partial charge in [-0.2, -0.15) is 0 Å². The van der Waals surface area contributed by atoms with Crippen LogP contribution in [0.2, 0.25) is 0 Å². The number of likely N-dealkylation sites (tertiary alicyclic amines) is 1. The van der Waals surface area contributed by atoms with Gasteiger partial charge in [-0.1, -0.05) is 57.3 Å². The van der Waals surface area contributed by atoms with Crippen molar-refractivity contribution in [2.45, 2.75) is 70.3 Å². The first-order valence-electron chi connectivity index (χ1n) is 11.7. The van der Waals surface area contributed by atoms with E-state index in [1.807, 2.05) is 13.8 Å². The fourth-order valence-corrected chi connectivity index (χ4v) is 4.55. The summed E-state index contributed by atoms with van der Waals surface area (Å²) in [6, 6.07) is -2.24. The Kier molecular flexibility index (Phi) is 10.3. The van der Waals surface area contributed by atoms with Gasteiger partial charge in [-0.05, 0) is 24.2 Å². The minimum Gasteiger partial charge on any atom is -0.356 e. The zero-order valence-electron chi connectivity index (χ0n) is 20.7. The molecule has 204 valence electrons. The Balaban J connectivity index is 2.28. The maximum Gasteiger partial charge on any atom is 0.291 e. The van der Waals surface area contributed by atoms with Gasteiger partial charge >= 0.3 is 0 Å². The average molecular weight is 556 g/mol. The van der Waals surface area contributed by atoms with Crippen LogP contribution in [0.1, 0.15) is 47.0 Å². The summed E-state index contributed by atoms with van der Waals surface area (Å²) in [6.07, 6.45) is 1.04. The third-order valence-corrected chi connectivity index (χ3v) is 6.93. The highest BCUT2D eigenvalue weighted by Gasteiger charge is 2.47. The van der Waals surface area contributed by atoms with Crippen LogP contribution in [0.5, 0.6) is 0 Å². The topological polar surface area (TPSA) is 128 Å². The molecule has 0 unspecified atom stereocenters. The normalized spacial score (nSPS) is 24.3. The molecular formula is C22H33Cl2F2N5O5. The monoisotopic (exact) mass is 555 g/mol. The molecule has 2 rings (SSSR count). The molecule has 6 atom stereocenters. The molecule has 2 saturated heterocycles. The molecule has 10 nitrogen and oxygen atoms in total. The molecule has 0 aromatic carbocycles. The third kappa shape index (κ3) is 7.41. The number of hydrazine groups is 1. The van der Waals surface area contributed by atoms with E-state index in [-0.39, 0.29) is 25.4 Å². The fraction of sp³-hybridized carbons (Fsp3) is 0.773. The quantitative estimate of drug-likeness (QED) is 0.291. The van der Waals surface area contributed by atoms with E-state index in [1.165, 1.54) is 4.90 Å². The standard InChI is InChI=1S/C22H33Cl2F2N5O5/c1-5-11(2)14(28-19(34)15(23)25)20(35)30-10-22(3,4)8-13(30)18(33)29-31(21(36)16(24)26)9-12-6-7-27-17(12)32/h11-16H,5-10H2,1-4H3,(H,27,32)(H,28,34)(H,29,33)/t11-,12-,13-,14-,15+,16+/m0/s1. The summed E-state index contributed by atoms with van der Waals surface area (Å²) in [5, 5.41) is 5.57. The maximum atomic E-state index is 13.7. The van der Waals surface area contributed by atoms with Gasteiger partial charge < -0.3 is 15.5 Å². The van der Waals surface area contributed by atoms with Crippen LogP contribution < -0.4 is 16.1 Å². The van der Waals surface area contributed by atoms with Crippen molar-refractivity contribution in [1.82, 2.24) is 26.0 Å². The van der Waals surface area contributed by atoms with E-state index in [0.717, 1.165) is 0 Å². The largest absolute Gasteiger partial charge is 0.356 e. The molecule has 2 heterocycles. The van der Waals surface area contributed by atoms with E-state index in [2.05, 4.69) is 16.1 Å². The minimum absolute atomic E-state index is 0.132. The van der Waals surface area contributed by atoms with Crippen LogP contribution in [0.25, 0.3) is 0 Å². The first kappa shape index (κ1) is 30.0. The van der Waals surface area contributed by atoms with Crippen molar-refractivity contribution >= 4 is 52.7 Å². The first-order valence-corrected chi connectivity index (χ1v) is 12.6. The SMILES string of the molecule is CC[C@H](C)[C@H](NC(=O)[C@@H](F)Cl)C(=O)N1CC(C)(C)C[C@H]1C(=O)NN(C[C@@H]1CCNC1=O)C(=O)[C@@H](F)Cl. The van der Waals surface area contributed by atoms with E-state index in [1.54, 1.807) is 13.8 Å². The summed E-state index contributed by atoms with van der Waals surface area (Å²) < 4.78 is 27.0. The van der Waals surface area contributed by atoms with Gasteiger partial charge in [-0.15, -0.1) is 0 Å². The fourth-order valence-electron chi connectivity index (χ4n) is 4.37. The number of amides is 5. The van der Waals surface area contributed by atoms with Gasteiger partial charge in [0.25, 0.3) is 29.0 Å². The summed E-state index contributed by atoms with van der Waals surface area (Å²) >= 11 is 10.5. The predicted molar refractivity (Wildman–Crippen MR) is 128 cm³/mol. The Labute approximate surface area is 218 Å². The molecule has 0 aromatic rings. The van der Waals surface area contributed by atoms with Crippen molar-refractivity contribution in [3.63, 3.8) is 0 Å². The molecule has 0 aliphatic carbocycles. The Bertz CT molecular complexity index is 876. The third-order valence-electron chi connectivity index (χ3n) is 6.54. The number of carbonyl (C=O) groups is 5. The summed E-state index contributed by atoms with van der Waals surface area (Å²) in [5.41, 5.74) is -3.00. The van der Waals surface area contributed by atoms with Gasteiger partial charge in [-0.25, -0.2) is 13.8 Å². The molecule has 2 aliphatic heterocycles. The van der Waals surface area contributed by atoms with E-state index in [9.17, 15) is 32.8 Å². The van der Waals surface area contributed by atoms with Crippen LogP contribution in [0.4, 0.5) is 8.78 Å². The number of carbonyl (C=O) groups excluding carboxylic acids is 5. The molecule has 0 bridgehead atoms. The second-order valence-corrected chi connectivity index (χ2v) is 10.8. The van der Waals surface area contributed by atoms with Crippen molar-refractivity contribution in [3.05, 3.63) is 0 Å². The lowest BCUT2D eigenvalue weighted by atomic mass is 9.90. The van der Waals surface area contributed by atoms with Gasteiger partial charge in [0, 0.05) is 13.1 Å². The van der Waals surface area contributed by atoms with Crippen LogP contribution in [-0.2, 0) is 24.0 Å². The van der Waals surface area contributed by atoms with Gasteiger partial charge in [0.15, 0.2) is 0 Å².